The third-order valence-corrected chi connectivity index (χ3v) is 3.73. The third kappa shape index (κ3) is 2.19. The zero-order valence-electron chi connectivity index (χ0n) is 8.82. The van der Waals surface area contributed by atoms with Crippen LogP contribution in [0.15, 0.2) is 55.6 Å². The first-order chi connectivity index (χ1) is 8.22. The summed E-state index contributed by atoms with van der Waals surface area (Å²) in [7, 11) is 0. The highest BCUT2D eigenvalue weighted by molar-refractivity contribution is 9.10. The van der Waals surface area contributed by atoms with Crippen molar-refractivity contribution in [2.45, 2.75) is 6.42 Å². The molecule has 1 aliphatic rings. The summed E-state index contributed by atoms with van der Waals surface area (Å²) in [6, 6.07) is 12.3. The van der Waals surface area contributed by atoms with Crippen LogP contribution in [0.3, 0.4) is 0 Å². The Morgan fingerprint density at radius 1 is 0.765 bits per heavy atom. The molecule has 1 aliphatic heterocycles. The number of hydrogen-bond donors (Lipinski definition) is 0. The molecule has 3 rings (SSSR count). The van der Waals surface area contributed by atoms with Gasteiger partial charge in [0.15, 0.2) is 0 Å². The Kier molecular flexibility index (Phi) is 2.84. The second kappa shape index (κ2) is 4.35. The first-order valence-corrected chi connectivity index (χ1v) is 6.79. The van der Waals surface area contributed by atoms with Crippen molar-refractivity contribution in [2.75, 3.05) is 0 Å². The van der Waals surface area contributed by atoms with Crippen LogP contribution in [0.4, 0.5) is 11.4 Å². The maximum absolute atomic E-state index is 4.30. The highest BCUT2D eigenvalue weighted by atomic mass is 79.9. The predicted molar refractivity (Wildman–Crippen MR) is 75.3 cm³/mol. The van der Waals surface area contributed by atoms with E-state index in [4.69, 9.17) is 0 Å². The summed E-state index contributed by atoms with van der Waals surface area (Å²) in [6.45, 7) is 0. The van der Waals surface area contributed by atoms with Gasteiger partial charge in [-0.25, -0.2) is 0 Å². The summed E-state index contributed by atoms with van der Waals surface area (Å²) in [5, 5.41) is 8.61. The van der Waals surface area contributed by atoms with Gasteiger partial charge < -0.3 is 0 Å². The van der Waals surface area contributed by atoms with Crippen LogP contribution in [-0.2, 0) is 6.42 Å². The second-order valence-electron chi connectivity index (χ2n) is 3.92. The van der Waals surface area contributed by atoms with Crippen molar-refractivity contribution in [1.82, 2.24) is 0 Å². The molecule has 0 aromatic heterocycles. The van der Waals surface area contributed by atoms with Gasteiger partial charge in [0.1, 0.15) is 0 Å². The molecule has 0 radical (unpaired) electrons. The molecule has 0 aliphatic carbocycles. The van der Waals surface area contributed by atoms with Crippen LogP contribution < -0.4 is 0 Å². The van der Waals surface area contributed by atoms with Crippen molar-refractivity contribution in [3.05, 3.63) is 56.5 Å². The van der Waals surface area contributed by atoms with Crippen LogP contribution in [0.5, 0.6) is 0 Å². The van der Waals surface area contributed by atoms with Gasteiger partial charge in [-0.2, -0.15) is 10.2 Å². The van der Waals surface area contributed by atoms with Gasteiger partial charge in [-0.1, -0.05) is 44.0 Å². The van der Waals surface area contributed by atoms with E-state index in [-0.39, 0.29) is 0 Å². The van der Waals surface area contributed by atoms with E-state index in [1.54, 1.807) is 0 Å². The van der Waals surface area contributed by atoms with E-state index in [2.05, 4.69) is 54.2 Å². The number of halogens is 2. The highest BCUT2D eigenvalue weighted by Gasteiger charge is 2.11. The van der Waals surface area contributed by atoms with E-state index in [1.807, 2.05) is 24.3 Å². The van der Waals surface area contributed by atoms with Crippen molar-refractivity contribution < 1.29 is 0 Å². The maximum atomic E-state index is 4.30. The maximum Gasteiger partial charge on any atom is 0.0903 e. The predicted octanol–water partition coefficient (Wildman–Crippen LogP) is 5.53. The standard InChI is InChI=1S/C13H8Br2N2/c14-10-3-1-8-5-9-2-4-11(15)7-13(9)17-16-12(8)6-10/h1-4,6-7H,5H2. The Balaban J connectivity index is 2.16. The van der Waals surface area contributed by atoms with Crippen LogP contribution in [0.2, 0.25) is 0 Å². The van der Waals surface area contributed by atoms with Gasteiger partial charge in [-0.15, -0.1) is 0 Å². The van der Waals surface area contributed by atoms with Crippen LogP contribution in [-0.4, -0.2) is 0 Å². The number of nitrogens with zero attached hydrogens (tertiary/aromatic N) is 2. The minimum absolute atomic E-state index is 0.873. The fourth-order valence-electron chi connectivity index (χ4n) is 1.87. The smallest absolute Gasteiger partial charge is 0.0903 e. The fourth-order valence-corrected chi connectivity index (χ4v) is 2.57. The molecule has 0 saturated heterocycles. The van der Waals surface area contributed by atoms with Crippen molar-refractivity contribution in [3.8, 4) is 0 Å². The van der Waals surface area contributed by atoms with Gasteiger partial charge in [0.2, 0.25) is 0 Å². The summed E-state index contributed by atoms with van der Waals surface area (Å²) in [5.74, 6) is 0. The average Bonchev–Trinajstić information content (AvgIpc) is 2.48. The van der Waals surface area contributed by atoms with Gasteiger partial charge >= 0.3 is 0 Å². The van der Waals surface area contributed by atoms with Gasteiger partial charge in [0.05, 0.1) is 11.4 Å². The molecule has 2 aromatic rings. The molecule has 0 amide bonds. The first-order valence-electron chi connectivity index (χ1n) is 5.21. The monoisotopic (exact) mass is 350 g/mol. The number of benzene rings is 2. The molecule has 0 atom stereocenters. The van der Waals surface area contributed by atoms with Gasteiger partial charge in [-0.05, 0) is 35.4 Å². The van der Waals surface area contributed by atoms with Gasteiger partial charge in [-0.3, -0.25) is 0 Å². The molecule has 0 bridgehead atoms. The molecule has 1 heterocycles. The number of fused-ring (bicyclic) bond motifs is 2. The van der Waals surface area contributed by atoms with E-state index in [0.29, 0.717) is 0 Å². The summed E-state index contributed by atoms with van der Waals surface area (Å²) in [4.78, 5) is 0. The minimum Gasteiger partial charge on any atom is -0.150 e. The van der Waals surface area contributed by atoms with Crippen LogP contribution >= 0.6 is 31.9 Å². The average molecular weight is 352 g/mol. The fraction of sp³-hybridized carbons (Fsp3) is 0.0769. The van der Waals surface area contributed by atoms with Crippen LogP contribution in [0.25, 0.3) is 0 Å². The van der Waals surface area contributed by atoms with Gasteiger partial charge in [0.25, 0.3) is 0 Å². The molecule has 0 saturated carbocycles. The van der Waals surface area contributed by atoms with E-state index < -0.39 is 0 Å². The van der Waals surface area contributed by atoms with Crippen molar-refractivity contribution >= 4 is 43.2 Å². The normalized spacial score (nSPS) is 12.8. The van der Waals surface area contributed by atoms with E-state index in [1.165, 1.54) is 11.1 Å². The molecule has 0 N–H and O–H groups in total. The third-order valence-electron chi connectivity index (χ3n) is 2.74. The SMILES string of the molecule is Brc1ccc2c(c1)N=Nc1cc(Br)ccc1C2. The summed E-state index contributed by atoms with van der Waals surface area (Å²) in [6.07, 6.45) is 0.873. The number of hydrogen-bond acceptors (Lipinski definition) is 2. The Morgan fingerprint density at radius 3 is 1.71 bits per heavy atom. The highest BCUT2D eigenvalue weighted by Crippen LogP contribution is 2.35. The number of rotatable bonds is 0. The molecule has 0 spiro atoms. The Hall–Kier alpha value is -1.000. The molecule has 0 fully saturated rings. The quantitative estimate of drug-likeness (QED) is 0.508. The van der Waals surface area contributed by atoms with E-state index >= 15 is 0 Å². The Bertz CT molecular complexity index is 567. The van der Waals surface area contributed by atoms with Crippen LogP contribution in [0, 0.1) is 0 Å². The molecule has 2 aromatic carbocycles. The molecule has 17 heavy (non-hydrogen) atoms. The van der Waals surface area contributed by atoms with Crippen LogP contribution in [0.1, 0.15) is 11.1 Å². The number of azo groups is 1. The lowest BCUT2D eigenvalue weighted by molar-refractivity contribution is 1.20. The largest absolute Gasteiger partial charge is 0.150 e. The first kappa shape index (κ1) is 11.1. The molecule has 4 heteroatoms. The molecular weight excluding hydrogens is 344 g/mol. The Morgan fingerprint density at radius 2 is 1.24 bits per heavy atom. The zero-order valence-corrected chi connectivity index (χ0v) is 12.0. The molecule has 84 valence electrons. The van der Waals surface area contributed by atoms with Crippen molar-refractivity contribution in [3.63, 3.8) is 0 Å². The second-order valence-corrected chi connectivity index (χ2v) is 5.75. The van der Waals surface area contributed by atoms with E-state index in [0.717, 1.165) is 26.7 Å². The lowest BCUT2D eigenvalue weighted by atomic mass is 10.0. The lowest BCUT2D eigenvalue weighted by Crippen LogP contribution is -1.87. The molecular formula is C13H8Br2N2. The summed E-state index contributed by atoms with van der Waals surface area (Å²) < 4.78 is 2.06. The summed E-state index contributed by atoms with van der Waals surface area (Å²) in [5.41, 5.74) is 4.29. The summed E-state index contributed by atoms with van der Waals surface area (Å²) >= 11 is 6.91. The molecule has 0 unspecified atom stereocenters. The zero-order chi connectivity index (χ0) is 11.8. The molecule has 2 nitrogen and oxygen atoms in total. The topological polar surface area (TPSA) is 24.7 Å². The lowest BCUT2D eigenvalue weighted by Gasteiger charge is -2.04. The minimum atomic E-state index is 0.873. The van der Waals surface area contributed by atoms with E-state index in [9.17, 15) is 0 Å². The Labute approximate surface area is 116 Å². The van der Waals surface area contributed by atoms with Gasteiger partial charge in [0, 0.05) is 15.4 Å². The van der Waals surface area contributed by atoms with Crippen molar-refractivity contribution in [2.24, 2.45) is 10.2 Å². The van der Waals surface area contributed by atoms with Crippen molar-refractivity contribution in [1.29, 1.82) is 0 Å².